The normalized spacial score (nSPS) is 22.5. The van der Waals surface area contributed by atoms with Gasteiger partial charge in [-0.25, -0.2) is 4.39 Å². The highest BCUT2D eigenvalue weighted by Gasteiger charge is 2.26. The van der Waals surface area contributed by atoms with Gasteiger partial charge in [-0.1, -0.05) is 19.8 Å². The highest BCUT2D eigenvalue weighted by atomic mass is 19.1. The molecule has 0 saturated heterocycles. The molecule has 2 rings (SSSR count). The molecule has 0 heterocycles. The smallest absolute Gasteiger partial charge is 0.163 e. The highest BCUT2D eigenvalue weighted by Crippen LogP contribution is 2.31. The van der Waals surface area contributed by atoms with Gasteiger partial charge < -0.3 is 5.11 Å². The number of hydrogen-bond acceptors (Lipinski definition) is 3. The van der Waals surface area contributed by atoms with Crippen molar-refractivity contribution in [2.45, 2.75) is 52.1 Å². The summed E-state index contributed by atoms with van der Waals surface area (Å²) in [6.07, 6.45) is 4.83. The van der Waals surface area contributed by atoms with E-state index in [9.17, 15) is 14.3 Å². The van der Waals surface area contributed by atoms with E-state index in [1.165, 1.54) is 32.3 Å². The molecular weight excluding hydrogens is 269 g/mol. The zero-order valence-corrected chi connectivity index (χ0v) is 13.0. The number of aromatic hydroxyl groups is 1. The molecule has 1 aromatic rings. The molecule has 1 saturated carbocycles. The first-order valence-electron chi connectivity index (χ1n) is 7.62. The fraction of sp³-hybridized carbons (Fsp3) is 0.588. The summed E-state index contributed by atoms with van der Waals surface area (Å²) in [6.45, 7) is 4.04. The number of nitrogens with zero attached hydrogens (tertiary/aromatic N) is 1. The maximum absolute atomic E-state index is 13.7. The molecule has 1 aliphatic rings. The Morgan fingerprint density at radius 3 is 2.67 bits per heavy atom. The van der Waals surface area contributed by atoms with E-state index >= 15 is 0 Å². The van der Waals surface area contributed by atoms with Gasteiger partial charge in [-0.15, -0.1) is 0 Å². The van der Waals surface area contributed by atoms with Crippen LogP contribution in [0.3, 0.4) is 0 Å². The molecule has 0 amide bonds. The van der Waals surface area contributed by atoms with Gasteiger partial charge in [-0.3, -0.25) is 9.69 Å². The van der Waals surface area contributed by atoms with Crippen molar-refractivity contribution >= 4 is 5.78 Å². The van der Waals surface area contributed by atoms with E-state index in [-0.39, 0.29) is 17.1 Å². The van der Waals surface area contributed by atoms with Gasteiger partial charge in [0.1, 0.15) is 11.6 Å². The number of carbonyl (C=O) groups is 1. The lowest BCUT2D eigenvalue weighted by Gasteiger charge is -2.36. The summed E-state index contributed by atoms with van der Waals surface area (Å²) in [5.74, 6) is -0.272. The van der Waals surface area contributed by atoms with E-state index in [1.54, 1.807) is 0 Å². The monoisotopic (exact) mass is 293 g/mol. The average molecular weight is 293 g/mol. The molecule has 1 fully saturated rings. The molecule has 2 atom stereocenters. The van der Waals surface area contributed by atoms with Crippen LogP contribution >= 0.6 is 0 Å². The molecule has 1 aliphatic carbocycles. The fourth-order valence-electron chi connectivity index (χ4n) is 3.38. The minimum atomic E-state index is -0.474. The Hall–Kier alpha value is -1.42. The van der Waals surface area contributed by atoms with Gasteiger partial charge in [0.15, 0.2) is 5.78 Å². The Kier molecular flexibility index (Phi) is 4.99. The average Bonchev–Trinajstić information content (AvgIpc) is 2.42. The predicted molar refractivity (Wildman–Crippen MR) is 81.0 cm³/mol. The number of carbonyl (C=O) groups excluding carboxylic acids is 1. The number of ketones is 1. The van der Waals surface area contributed by atoms with Crippen molar-refractivity contribution in [3.8, 4) is 5.75 Å². The van der Waals surface area contributed by atoms with E-state index in [0.717, 1.165) is 12.5 Å². The van der Waals surface area contributed by atoms with Gasteiger partial charge in [0.2, 0.25) is 0 Å². The van der Waals surface area contributed by atoms with E-state index in [2.05, 4.69) is 11.8 Å². The van der Waals surface area contributed by atoms with Gasteiger partial charge in [-0.05, 0) is 44.9 Å². The number of phenolic OH excluding ortho intramolecular Hbond substituents is 1. The summed E-state index contributed by atoms with van der Waals surface area (Å²) >= 11 is 0. The first kappa shape index (κ1) is 16.0. The lowest BCUT2D eigenvalue weighted by Crippen LogP contribution is -2.38. The lowest BCUT2D eigenvalue weighted by molar-refractivity contribution is 0.101. The van der Waals surface area contributed by atoms with Crippen LogP contribution in [0, 0.1) is 11.7 Å². The Bertz CT molecular complexity index is 530. The molecular formula is C17H24FNO2. The molecule has 3 nitrogen and oxygen atoms in total. The summed E-state index contributed by atoms with van der Waals surface area (Å²) < 4.78 is 13.7. The van der Waals surface area contributed by atoms with Crippen LogP contribution in [0.2, 0.25) is 0 Å². The second-order valence-corrected chi connectivity index (χ2v) is 6.26. The van der Waals surface area contributed by atoms with Crippen LogP contribution in [0.5, 0.6) is 5.75 Å². The number of halogens is 1. The van der Waals surface area contributed by atoms with Crippen LogP contribution in [-0.4, -0.2) is 28.9 Å². The van der Waals surface area contributed by atoms with Crippen LogP contribution < -0.4 is 0 Å². The molecule has 4 heteroatoms. The van der Waals surface area contributed by atoms with Crippen LogP contribution in [0.15, 0.2) is 12.1 Å². The topological polar surface area (TPSA) is 40.5 Å². The minimum Gasteiger partial charge on any atom is -0.507 e. The third kappa shape index (κ3) is 3.62. The molecule has 1 N–H and O–H groups in total. The van der Waals surface area contributed by atoms with Crippen molar-refractivity contribution in [2.24, 2.45) is 5.92 Å². The second-order valence-electron chi connectivity index (χ2n) is 6.26. The summed E-state index contributed by atoms with van der Waals surface area (Å²) in [6, 6.07) is 2.87. The molecule has 21 heavy (non-hydrogen) atoms. The zero-order chi connectivity index (χ0) is 15.6. The first-order valence-corrected chi connectivity index (χ1v) is 7.62. The van der Waals surface area contributed by atoms with E-state index in [4.69, 9.17) is 0 Å². The van der Waals surface area contributed by atoms with Crippen molar-refractivity contribution in [3.63, 3.8) is 0 Å². The molecule has 0 radical (unpaired) electrons. The first-order chi connectivity index (χ1) is 9.90. The highest BCUT2D eigenvalue weighted by molar-refractivity contribution is 5.97. The van der Waals surface area contributed by atoms with Crippen LogP contribution in [-0.2, 0) is 6.54 Å². The van der Waals surface area contributed by atoms with Gasteiger partial charge in [-0.2, -0.15) is 0 Å². The van der Waals surface area contributed by atoms with Gasteiger partial charge >= 0.3 is 0 Å². The molecule has 0 bridgehead atoms. The van der Waals surface area contributed by atoms with Crippen molar-refractivity contribution < 1.29 is 14.3 Å². The van der Waals surface area contributed by atoms with Gasteiger partial charge in [0, 0.05) is 18.2 Å². The molecule has 0 aromatic heterocycles. The van der Waals surface area contributed by atoms with Crippen LogP contribution in [0.1, 0.15) is 55.5 Å². The Labute approximate surface area is 125 Å². The maximum Gasteiger partial charge on any atom is 0.163 e. The number of rotatable bonds is 4. The van der Waals surface area contributed by atoms with Crippen LogP contribution in [0.25, 0.3) is 0 Å². The summed E-state index contributed by atoms with van der Waals surface area (Å²) in [5.41, 5.74) is 0.551. The Morgan fingerprint density at radius 1 is 1.38 bits per heavy atom. The Balaban J connectivity index is 2.20. The van der Waals surface area contributed by atoms with Crippen molar-refractivity contribution in [1.29, 1.82) is 0 Å². The predicted octanol–water partition coefficient (Wildman–Crippen LogP) is 3.74. The summed E-state index contributed by atoms with van der Waals surface area (Å²) in [4.78, 5) is 13.6. The van der Waals surface area contributed by atoms with Crippen molar-refractivity contribution in [1.82, 2.24) is 4.90 Å². The lowest BCUT2D eigenvalue weighted by atomic mass is 9.85. The molecule has 1 aromatic carbocycles. The molecule has 116 valence electrons. The molecule has 2 unspecified atom stereocenters. The third-order valence-electron chi connectivity index (χ3n) is 4.59. The maximum atomic E-state index is 13.7. The second kappa shape index (κ2) is 6.56. The number of Topliss-reactive ketones (excluding diaryl/α,β-unsaturated/α-hetero) is 1. The Morgan fingerprint density at radius 2 is 2.05 bits per heavy atom. The van der Waals surface area contributed by atoms with Crippen LogP contribution in [0.4, 0.5) is 4.39 Å². The summed E-state index contributed by atoms with van der Waals surface area (Å²) in [7, 11) is 2.00. The quantitative estimate of drug-likeness (QED) is 0.860. The van der Waals surface area contributed by atoms with E-state index in [1.807, 2.05) is 7.05 Å². The minimum absolute atomic E-state index is 0.0649. The summed E-state index contributed by atoms with van der Waals surface area (Å²) in [5, 5.41) is 10.2. The SMILES string of the molecule is CC(=O)c1cc(F)cc(CN(C)C2CCCCC2C)c1O. The largest absolute Gasteiger partial charge is 0.507 e. The van der Waals surface area contributed by atoms with Gasteiger partial charge in [0.25, 0.3) is 0 Å². The van der Waals surface area contributed by atoms with Crippen molar-refractivity contribution in [2.75, 3.05) is 7.05 Å². The molecule has 0 aliphatic heterocycles. The van der Waals surface area contributed by atoms with Crippen molar-refractivity contribution in [3.05, 3.63) is 29.1 Å². The van der Waals surface area contributed by atoms with E-state index < -0.39 is 5.82 Å². The fourth-order valence-corrected chi connectivity index (χ4v) is 3.38. The third-order valence-corrected chi connectivity index (χ3v) is 4.59. The molecule has 0 spiro atoms. The van der Waals surface area contributed by atoms with Gasteiger partial charge in [0.05, 0.1) is 5.56 Å². The van der Waals surface area contributed by atoms with E-state index in [0.29, 0.717) is 24.1 Å². The standard InChI is InChI=1S/C17H24FNO2/c1-11-6-4-5-7-16(11)19(3)10-13-8-14(18)9-15(12(2)20)17(13)21/h8-9,11,16,21H,4-7,10H2,1-3H3. The number of phenols is 1. The number of benzene rings is 1. The zero-order valence-electron chi connectivity index (χ0n) is 13.0. The number of hydrogen-bond donors (Lipinski definition) is 1.